The average Bonchev–Trinajstić information content (AvgIpc) is 2.75. The lowest BCUT2D eigenvalue weighted by atomic mass is 9.85. The predicted octanol–water partition coefficient (Wildman–Crippen LogP) is 3.15. The van der Waals surface area contributed by atoms with Gasteiger partial charge < -0.3 is 9.64 Å². The minimum absolute atomic E-state index is 0.115. The van der Waals surface area contributed by atoms with E-state index in [-0.39, 0.29) is 5.97 Å². The molecule has 0 aromatic carbocycles. The number of hydrogen-bond acceptors (Lipinski definition) is 3. The van der Waals surface area contributed by atoms with Gasteiger partial charge in [0.1, 0.15) is 6.54 Å². The molecule has 1 aliphatic heterocycles. The quantitative estimate of drug-likeness (QED) is 0.729. The van der Waals surface area contributed by atoms with Crippen LogP contribution < -0.4 is 0 Å². The van der Waals surface area contributed by atoms with Crippen molar-refractivity contribution in [2.75, 3.05) is 13.2 Å². The lowest BCUT2D eigenvalue weighted by molar-refractivity contribution is -0.143. The number of nitrogens with zero attached hydrogens (tertiary/aromatic N) is 1. The van der Waals surface area contributed by atoms with Crippen LogP contribution in [0.4, 0.5) is 0 Å². The molecule has 102 valence electrons. The van der Waals surface area contributed by atoms with E-state index in [2.05, 4.69) is 23.1 Å². The molecule has 1 atom stereocenters. The third-order valence-electron chi connectivity index (χ3n) is 4.26. The minimum Gasteiger partial charge on any atom is -0.465 e. The van der Waals surface area contributed by atoms with Crippen molar-refractivity contribution in [2.45, 2.75) is 39.0 Å². The summed E-state index contributed by atoms with van der Waals surface area (Å²) in [5.41, 5.74) is 4.29. The number of hydrogen-bond donors (Lipinski definition) is 0. The molecule has 0 saturated carbocycles. The molecule has 0 fully saturated rings. The van der Waals surface area contributed by atoms with Gasteiger partial charge in [0.25, 0.3) is 0 Å². The van der Waals surface area contributed by atoms with Crippen molar-refractivity contribution >= 4 is 5.97 Å². The fourth-order valence-corrected chi connectivity index (χ4v) is 3.49. The number of allylic oxidation sites excluding steroid dienone is 5. The topological polar surface area (TPSA) is 29.5 Å². The third kappa shape index (κ3) is 2.22. The Morgan fingerprint density at radius 2 is 2.26 bits per heavy atom. The van der Waals surface area contributed by atoms with Crippen LogP contribution in [0.2, 0.25) is 0 Å². The molecular formula is C16H21NO2. The van der Waals surface area contributed by atoms with Crippen molar-refractivity contribution in [2.24, 2.45) is 5.92 Å². The highest BCUT2D eigenvalue weighted by atomic mass is 16.5. The Hall–Kier alpha value is -1.51. The Morgan fingerprint density at radius 3 is 3.11 bits per heavy atom. The van der Waals surface area contributed by atoms with Crippen molar-refractivity contribution in [3.8, 4) is 0 Å². The van der Waals surface area contributed by atoms with Crippen LogP contribution in [0.1, 0.15) is 39.0 Å². The molecule has 0 radical (unpaired) electrons. The highest BCUT2D eigenvalue weighted by Gasteiger charge is 2.37. The van der Waals surface area contributed by atoms with Crippen LogP contribution in [0.3, 0.4) is 0 Å². The van der Waals surface area contributed by atoms with Crippen molar-refractivity contribution in [1.29, 1.82) is 0 Å². The first-order chi connectivity index (χ1) is 9.31. The van der Waals surface area contributed by atoms with Crippen LogP contribution in [0.15, 0.2) is 35.2 Å². The van der Waals surface area contributed by atoms with Crippen molar-refractivity contribution in [3.05, 3.63) is 35.2 Å². The molecule has 1 heterocycles. The Morgan fingerprint density at radius 1 is 1.42 bits per heavy atom. The lowest BCUT2D eigenvalue weighted by Crippen LogP contribution is -2.29. The third-order valence-corrected chi connectivity index (χ3v) is 4.26. The smallest absolute Gasteiger partial charge is 0.325 e. The molecule has 0 N–H and O–H groups in total. The van der Waals surface area contributed by atoms with Crippen molar-refractivity contribution in [1.82, 2.24) is 4.90 Å². The number of esters is 1. The summed E-state index contributed by atoms with van der Waals surface area (Å²) in [6.45, 7) is 2.70. The summed E-state index contributed by atoms with van der Waals surface area (Å²) >= 11 is 0. The van der Waals surface area contributed by atoms with E-state index in [0.717, 1.165) is 12.8 Å². The van der Waals surface area contributed by atoms with E-state index in [1.54, 1.807) is 5.57 Å². The van der Waals surface area contributed by atoms with Crippen LogP contribution in [0.25, 0.3) is 0 Å². The summed E-state index contributed by atoms with van der Waals surface area (Å²) in [4.78, 5) is 14.0. The first-order valence-corrected chi connectivity index (χ1v) is 7.33. The Kier molecular flexibility index (Phi) is 3.45. The predicted molar refractivity (Wildman–Crippen MR) is 74.2 cm³/mol. The zero-order valence-corrected chi connectivity index (χ0v) is 11.5. The van der Waals surface area contributed by atoms with E-state index < -0.39 is 0 Å². The summed E-state index contributed by atoms with van der Waals surface area (Å²) < 4.78 is 5.11. The second kappa shape index (κ2) is 5.24. The largest absolute Gasteiger partial charge is 0.465 e. The summed E-state index contributed by atoms with van der Waals surface area (Å²) in [5, 5.41) is 0. The maximum absolute atomic E-state index is 11.8. The molecule has 2 aliphatic carbocycles. The number of carbonyl (C=O) groups is 1. The summed E-state index contributed by atoms with van der Waals surface area (Å²) in [5.74, 6) is 0.408. The van der Waals surface area contributed by atoms with Crippen molar-refractivity contribution < 1.29 is 9.53 Å². The molecule has 3 aliphatic rings. The minimum atomic E-state index is -0.115. The number of fused-ring (bicyclic) bond motifs is 2. The van der Waals surface area contributed by atoms with Gasteiger partial charge in [-0.2, -0.15) is 0 Å². The van der Waals surface area contributed by atoms with Crippen molar-refractivity contribution in [3.63, 3.8) is 0 Å². The lowest BCUT2D eigenvalue weighted by Gasteiger charge is -2.26. The van der Waals surface area contributed by atoms with Gasteiger partial charge in [-0.25, -0.2) is 0 Å². The van der Waals surface area contributed by atoms with E-state index >= 15 is 0 Å². The Balaban J connectivity index is 1.87. The highest BCUT2D eigenvalue weighted by molar-refractivity contribution is 5.72. The van der Waals surface area contributed by atoms with Crippen LogP contribution in [-0.2, 0) is 9.53 Å². The first kappa shape index (κ1) is 12.5. The molecular weight excluding hydrogens is 238 g/mol. The highest BCUT2D eigenvalue weighted by Crippen LogP contribution is 2.46. The zero-order valence-electron chi connectivity index (χ0n) is 11.5. The Labute approximate surface area is 114 Å². The molecule has 3 heteroatoms. The number of ether oxygens (including phenoxy) is 1. The zero-order chi connectivity index (χ0) is 13.2. The molecule has 3 rings (SSSR count). The van der Waals surface area contributed by atoms with Gasteiger partial charge in [0.05, 0.1) is 6.61 Å². The van der Waals surface area contributed by atoms with Gasteiger partial charge in [0, 0.05) is 17.3 Å². The second-order valence-electron chi connectivity index (χ2n) is 5.38. The van der Waals surface area contributed by atoms with E-state index in [0.29, 0.717) is 19.1 Å². The van der Waals surface area contributed by atoms with E-state index in [4.69, 9.17) is 4.74 Å². The van der Waals surface area contributed by atoms with Gasteiger partial charge >= 0.3 is 5.97 Å². The molecule has 1 unspecified atom stereocenters. The first-order valence-electron chi connectivity index (χ1n) is 7.33. The van der Waals surface area contributed by atoms with E-state index in [1.165, 1.54) is 30.7 Å². The van der Waals surface area contributed by atoms with Gasteiger partial charge in [0.2, 0.25) is 0 Å². The van der Waals surface area contributed by atoms with Crippen LogP contribution in [-0.4, -0.2) is 24.0 Å². The SMILES string of the molecule is CCOC(=O)CN1C2=CC=CCC2C2=C1CCCC2. The monoisotopic (exact) mass is 259 g/mol. The van der Waals surface area contributed by atoms with E-state index in [1.807, 2.05) is 6.92 Å². The normalized spacial score (nSPS) is 25.0. The fourth-order valence-electron chi connectivity index (χ4n) is 3.49. The van der Waals surface area contributed by atoms with Gasteiger partial charge in [-0.15, -0.1) is 0 Å². The fraction of sp³-hybridized carbons (Fsp3) is 0.562. The summed E-state index contributed by atoms with van der Waals surface area (Å²) in [6.07, 6.45) is 12.5. The molecule has 0 bridgehead atoms. The van der Waals surface area contributed by atoms with Crippen LogP contribution in [0, 0.1) is 5.92 Å². The second-order valence-corrected chi connectivity index (χ2v) is 5.38. The van der Waals surface area contributed by atoms with Gasteiger partial charge in [-0.3, -0.25) is 4.79 Å². The van der Waals surface area contributed by atoms with Crippen LogP contribution in [0.5, 0.6) is 0 Å². The summed E-state index contributed by atoms with van der Waals surface area (Å²) in [6, 6.07) is 0. The molecule has 0 amide bonds. The van der Waals surface area contributed by atoms with Gasteiger partial charge in [-0.1, -0.05) is 12.2 Å². The maximum atomic E-state index is 11.8. The molecule has 0 spiro atoms. The molecule has 0 aromatic heterocycles. The molecule has 0 saturated heterocycles. The average molecular weight is 259 g/mol. The number of rotatable bonds is 3. The molecule has 3 nitrogen and oxygen atoms in total. The van der Waals surface area contributed by atoms with Gasteiger partial charge in [0.15, 0.2) is 0 Å². The van der Waals surface area contributed by atoms with E-state index in [9.17, 15) is 4.79 Å². The summed E-state index contributed by atoms with van der Waals surface area (Å²) in [7, 11) is 0. The van der Waals surface area contributed by atoms with Crippen LogP contribution >= 0.6 is 0 Å². The molecule has 19 heavy (non-hydrogen) atoms. The standard InChI is InChI=1S/C16H21NO2/c1-2-19-16(18)11-17-14-9-5-3-7-12(14)13-8-4-6-10-15(13)17/h3,5,9,12H,2,4,6-8,10-11H2,1H3. The maximum Gasteiger partial charge on any atom is 0.325 e. The molecule has 0 aromatic rings. The Bertz CT molecular complexity index is 473. The van der Waals surface area contributed by atoms with Gasteiger partial charge in [-0.05, 0) is 50.7 Å². The number of carbonyl (C=O) groups excluding carboxylic acids is 1.